The summed E-state index contributed by atoms with van der Waals surface area (Å²) >= 11 is 1.69. The van der Waals surface area contributed by atoms with Gasteiger partial charge in [-0.2, -0.15) is 10.4 Å². The molecule has 0 saturated carbocycles. The van der Waals surface area contributed by atoms with Crippen molar-refractivity contribution in [3.63, 3.8) is 0 Å². The number of benzene rings is 3. The number of nitrogens with one attached hydrogen (secondary N) is 1. The Labute approximate surface area is 234 Å². The number of hydrazone groups is 1. The first-order valence-corrected chi connectivity index (χ1v) is 13.3. The molecule has 40 heavy (non-hydrogen) atoms. The highest BCUT2D eigenvalue weighted by atomic mass is 32.2. The number of nitrogens with zero attached hydrogens (tertiary/aromatic N) is 7. The number of hydrogen-bond donors (Lipinski definition) is 1. The Hall–Kier alpha value is -5.27. The monoisotopic (exact) mass is 542 g/mol. The minimum Gasteiger partial charge on any atom is -0.333 e. The SMILES string of the molecule is N#Cc1ccc(Cn2cc(CN3c4ccccc4Sc4cc(/C=N/NC(=O)c5cccnc5)ccc43)nn2)cc1. The number of nitriles is 1. The van der Waals surface area contributed by atoms with Gasteiger partial charge in [-0.1, -0.05) is 47.3 Å². The van der Waals surface area contributed by atoms with E-state index in [1.165, 1.54) is 6.20 Å². The van der Waals surface area contributed by atoms with Crippen LogP contribution in [-0.4, -0.2) is 32.1 Å². The average Bonchev–Trinajstić information content (AvgIpc) is 3.44. The van der Waals surface area contributed by atoms with Crippen molar-refractivity contribution in [2.45, 2.75) is 22.9 Å². The topological polar surface area (TPSA) is 112 Å². The highest BCUT2D eigenvalue weighted by Gasteiger charge is 2.24. The first kappa shape index (κ1) is 25.0. The molecular weight excluding hydrogens is 520 g/mol. The number of amides is 1. The van der Waals surface area contributed by atoms with Crippen LogP contribution in [0.5, 0.6) is 0 Å². The highest BCUT2D eigenvalue weighted by molar-refractivity contribution is 7.99. The molecular formula is C30H22N8OS. The van der Waals surface area contributed by atoms with E-state index in [-0.39, 0.29) is 5.91 Å². The summed E-state index contributed by atoms with van der Waals surface area (Å²) in [6, 6.07) is 27.4. The maximum atomic E-state index is 12.3. The van der Waals surface area contributed by atoms with Crippen LogP contribution in [0.15, 0.2) is 112 Å². The molecule has 2 aromatic heterocycles. The van der Waals surface area contributed by atoms with Crippen molar-refractivity contribution in [1.82, 2.24) is 25.4 Å². The molecule has 10 heteroatoms. The number of aromatic nitrogens is 4. The zero-order valence-corrected chi connectivity index (χ0v) is 22.0. The number of carbonyl (C=O) groups excluding carboxylic acids is 1. The summed E-state index contributed by atoms with van der Waals surface area (Å²) in [5.41, 5.74) is 8.54. The van der Waals surface area contributed by atoms with Crippen molar-refractivity contribution in [3.8, 4) is 6.07 Å². The van der Waals surface area contributed by atoms with Gasteiger partial charge in [0.05, 0.1) is 54.1 Å². The maximum Gasteiger partial charge on any atom is 0.272 e. The summed E-state index contributed by atoms with van der Waals surface area (Å²) in [6.07, 6.45) is 6.70. The lowest BCUT2D eigenvalue weighted by Crippen LogP contribution is -2.20. The molecule has 0 unspecified atom stereocenters. The van der Waals surface area contributed by atoms with Crippen LogP contribution in [0.4, 0.5) is 11.4 Å². The highest BCUT2D eigenvalue weighted by Crippen LogP contribution is 2.48. The third-order valence-corrected chi connectivity index (χ3v) is 7.40. The Morgan fingerprint density at radius 1 is 1.00 bits per heavy atom. The lowest BCUT2D eigenvalue weighted by molar-refractivity contribution is 0.0954. The molecule has 9 nitrogen and oxygen atoms in total. The molecule has 1 aliphatic rings. The van der Waals surface area contributed by atoms with Gasteiger partial charge >= 0.3 is 0 Å². The maximum absolute atomic E-state index is 12.3. The van der Waals surface area contributed by atoms with Gasteiger partial charge in [0.25, 0.3) is 5.91 Å². The van der Waals surface area contributed by atoms with Crippen LogP contribution in [0.2, 0.25) is 0 Å². The van der Waals surface area contributed by atoms with Gasteiger partial charge in [0.2, 0.25) is 0 Å². The zero-order valence-electron chi connectivity index (χ0n) is 21.2. The smallest absolute Gasteiger partial charge is 0.272 e. The fourth-order valence-corrected chi connectivity index (χ4v) is 5.49. The van der Waals surface area contributed by atoms with Crippen LogP contribution in [0.3, 0.4) is 0 Å². The largest absolute Gasteiger partial charge is 0.333 e. The van der Waals surface area contributed by atoms with Crippen LogP contribution in [0.1, 0.15) is 32.7 Å². The fourth-order valence-electron chi connectivity index (χ4n) is 4.35. The Bertz CT molecular complexity index is 1740. The summed E-state index contributed by atoms with van der Waals surface area (Å²) in [5.74, 6) is -0.316. The van der Waals surface area contributed by atoms with E-state index < -0.39 is 0 Å². The van der Waals surface area contributed by atoms with E-state index in [1.807, 2.05) is 41.2 Å². The van der Waals surface area contributed by atoms with Crippen LogP contribution >= 0.6 is 11.8 Å². The minimum absolute atomic E-state index is 0.316. The van der Waals surface area contributed by atoms with E-state index in [2.05, 4.69) is 61.1 Å². The van der Waals surface area contributed by atoms with E-state index in [1.54, 1.807) is 48.4 Å². The average molecular weight is 543 g/mol. The first-order chi connectivity index (χ1) is 19.7. The Balaban J connectivity index is 1.20. The molecule has 0 spiro atoms. The second-order valence-corrected chi connectivity index (χ2v) is 10.1. The first-order valence-electron chi connectivity index (χ1n) is 12.5. The Morgan fingerprint density at radius 2 is 1.85 bits per heavy atom. The Morgan fingerprint density at radius 3 is 2.67 bits per heavy atom. The second-order valence-electron chi connectivity index (χ2n) is 9.04. The van der Waals surface area contributed by atoms with Gasteiger partial charge in [0.1, 0.15) is 5.69 Å². The normalized spacial score (nSPS) is 12.0. The number of pyridine rings is 1. The molecule has 0 bridgehead atoms. The van der Waals surface area contributed by atoms with E-state index in [4.69, 9.17) is 5.26 Å². The lowest BCUT2D eigenvalue weighted by atomic mass is 10.1. The van der Waals surface area contributed by atoms with Gasteiger partial charge in [-0.15, -0.1) is 5.10 Å². The fraction of sp³-hybridized carbons (Fsp3) is 0.0667. The molecule has 0 saturated heterocycles. The number of anilines is 2. The van der Waals surface area contributed by atoms with E-state index in [0.717, 1.165) is 38.0 Å². The zero-order chi connectivity index (χ0) is 27.3. The number of carbonyl (C=O) groups is 1. The molecule has 5 aromatic rings. The van der Waals surface area contributed by atoms with Gasteiger partial charge in [0.15, 0.2) is 0 Å². The molecule has 3 aromatic carbocycles. The van der Waals surface area contributed by atoms with Crippen LogP contribution in [0.25, 0.3) is 0 Å². The second kappa shape index (κ2) is 11.2. The van der Waals surface area contributed by atoms with Gasteiger partial charge < -0.3 is 4.90 Å². The van der Waals surface area contributed by atoms with Gasteiger partial charge in [-0.25, -0.2) is 10.1 Å². The summed E-state index contributed by atoms with van der Waals surface area (Å²) < 4.78 is 1.81. The molecule has 0 radical (unpaired) electrons. The summed E-state index contributed by atoms with van der Waals surface area (Å²) in [4.78, 5) is 20.7. The third kappa shape index (κ3) is 5.45. The molecule has 0 aliphatic carbocycles. The molecule has 1 N–H and O–H groups in total. The number of rotatable bonds is 7. The molecule has 0 atom stereocenters. The van der Waals surface area contributed by atoms with E-state index in [9.17, 15) is 4.79 Å². The number of hydrogen-bond acceptors (Lipinski definition) is 8. The van der Waals surface area contributed by atoms with Crippen LogP contribution in [-0.2, 0) is 13.1 Å². The van der Waals surface area contributed by atoms with Crippen molar-refractivity contribution in [3.05, 3.63) is 125 Å². The quantitative estimate of drug-likeness (QED) is 0.223. The predicted octanol–water partition coefficient (Wildman–Crippen LogP) is 5.16. The van der Waals surface area contributed by atoms with Crippen molar-refractivity contribution >= 4 is 35.3 Å². The van der Waals surface area contributed by atoms with Gasteiger partial charge in [0, 0.05) is 22.2 Å². The van der Waals surface area contributed by atoms with Crippen LogP contribution in [0, 0.1) is 11.3 Å². The summed E-state index contributed by atoms with van der Waals surface area (Å²) in [5, 5.41) is 21.9. The van der Waals surface area contributed by atoms with Crippen molar-refractivity contribution in [1.29, 1.82) is 5.26 Å². The lowest BCUT2D eigenvalue weighted by Gasteiger charge is -2.32. The van der Waals surface area contributed by atoms with Gasteiger partial charge in [-0.05, 0) is 59.7 Å². The summed E-state index contributed by atoms with van der Waals surface area (Å²) in [7, 11) is 0. The molecule has 6 rings (SSSR count). The molecule has 194 valence electrons. The molecule has 0 fully saturated rings. The standard InChI is InChI=1S/C30H22N8OS/c31-15-21-7-9-22(10-8-21)18-37-19-25(34-36-37)20-38-26-5-1-2-6-28(26)40-29-14-23(11-12-27(29)38)16-33-35-30(39)24-4-3-13-32-17-24/h1-14,16-17,19H,18,20H2,(H,35,39)/b33-16+. The van der Waals surface area contributed by atoms with Crippen molar-refractivity contribution < 1.29 is 4.79 Å². The van der Waals surface area contributed by atoms with Crippen LogP contribution < -0.4 is 10.3 Å². The van der Waals surface area contributed by atoms with E-state index >= 15 is 0 Å². The third-order valence-electron chi connectivity index (χ3n) is 6.29. The summed E-state index contributed by atoms with van der Waals surface area (Å²) in [6.45, 7) is 1.12. The van der Waals surface area contributed by atoms with Crippen molar-refractivity contribution in [2.24, 2.45) is 5.10 Å². The van der Waals surface area contributed by atoms with Crippen molar-refractivity contribution in [2.75, 3.05) is 4.90 Å². The molecule has 1 aliphatic heterocycles. The molecule has 1 amide bonds. The molecule has 3 heterocycles. The number of para-hydroxylation sites is 1. The predicted molar refractivity (Wildman–Crippen MR) is 152 cm³/mol. The number of fused-ring (bicyclic) bond motifs is 2. The minimum atomic E-state index is -0.316. The van der Waals surface area contributed by atoms with Gasteiger partial charge in [-0.3, -0.25) is 9.78 Å². The van der Waals surface area contributed by atoms with E-state index in [0.29, 0.717) is 24.2 Å². The Kier molecular flexibility index (Phi) is 7.03.